The van der Waals surface area contributed by atoms with E-state index in [4.69, 9.17) is 0 Å². The van der Waals surface area contributed by atoms with Crippen LogP contribution in [0.3, 0.4) is 0 Å². The SMILES string of the molecule is Cc1cc(C)cc(C(=O)N(C)NC(=O)c2cccc(C)c2C)c1. The van der Waals surface area contributed by atoms with Crippen LogP contribution in [0.1, 0.15) is 43.0 Å². The van der Waals surface area contributed by atoms with Crippen molar-refractivity contribution in [2.75, 3.05) is 7.05 Å². The molecule has 2 rings (SSSR count). The van der Waals surface area contributed by atoms with Crippen molar-refractivity contribution >= 4 is 11.8 Å². The Hall–Kier alpha value is -2.62. The van der Waals surface area contributed by atoms with E-state index in [-0.39, 0.29) is 11.8 Å². The number of nitrogens with one attached hydrogen (secondary N) is 1. The molecule has 0 bridgehead atoms. The highest BCUT2D eigenvalue weighted by molar-refractivity contribution is 6.00. The van der Waals surface area contributed by atoms with Crippen molar-refractivity contribution in [3.63, 3.8) is 0 Å². The minimum absolute atomic E-state index is 0.240. The van der Waals surface area contributed by atoms with E-state index in [0.717, 1.165) is 22.3 Å². The van der Waals surface area contributed by atoms with Crippen molar-refractivity contribution < 1.29 is 9.59 Å². The fraction of sp³-hybridized carbons (Fsp3) is 0.263. The molecule has 120 valence electrons. The molecular formula is C19H22N2O2. The molecule has 4 nitrogen and oxygen atoms in total. The van der Waals surface area contributed by atoms with Crippen molar-refractivity contribution in [2.45, 2.75) is 27.7 Å². The maximum atomic E-state index is 12.5. The van der Waals surface area contributed by atoms with Crippen LogP contribution in [-0.4, -0.2) is 23.9 Å². The molecule has 2 aromatic rings. The van der Waals surface area contributed by atoms with E-state index in [0.29, 0.717) is 11.1 Å². The van der Waals surface area contributed by atoms with Gasteiger partial charge in [0.05, 0.1) is 0 Å². The van der Waals surface area contributed by atoms with Crippen LogP contribution in [0.4, 0.5) is 0 Å². The van der Waals surface area contributed by atoms with Crippen molar-refractivity contribution in [1.82, 2.24) is 10.4 Å². The highest BCUT2D eigenvalue weighted by atomic mass is 16.2. The fourth-order valence-electron chi connectivity index (χ4n) is 2.55. The predicted molar refractivity (Wildman–Crippen MR) is 91.4 cm³/mol. The predicted octanol–water partition coefficient (Wildman–Crippen LogP) is 3.34. The van der Waals surface area contributed by atoms with Crippen LogP contribution in [0.2, 0.25) is 0 Å². The van der Waals surface area contributed by atoms with Crippen molar-refractivity contribution in [1.29, 1.82) is 0 Å². The third kappa shape index (κ3) is 3.77. The van der Waals surface area contributed by atoms with Crippen LogP contribution in [0.25, 0.3) is 0 Å². The smallest absolute Gasteiger partial charge is 0.267 e. The zero-order chi connectivity index (χ0) is 17.1. The minimum Gasteiger partial charge on any atom is -0.267 e. The monoisotopic (exact) mass is 310 g/mol. The molecule has 0 radical (unpaired) electrons. The van der Waals surface area contributed by atoms with Gasteiger partial charge in [-0.15, -0.1) is 0 Å². The summed E-state index contributed by atoms with van der Waals surface area (Å²) in [5.74, 6) is -0.526. The summed E-state index contributed by atoms with van der Waals surface area (Å²) in [6.07, 6.45) is 0. The van der Waals surface area contributed by atoms with E-state index in [1.54, 1.807) is 13.1 Å². The molecule has 1 N–H and O–H groups in total. The van der Waals surface area contributed by atoms with E-state index >= 15 is 0 Å². The summed E-state index contributed by atoms with van der Waals surface area (Å²) >= 11 is 0. The molecule has 0 aromatic heterocycles. The molecular weight excluding hydrogens is 288 g/mol. The molecule has 0 heterocycles. The van der Waals surface area contributed by atoms with Gasteiger partial charge in [0.2, 0.25) is 0 Å². The molecule has 0 unspecified atom stereocenters. The molecule has 2 aromatic carbocycles. The van der Waals surface area contributed by atoms with Crippen molar-refractivity contribution in [3.8, 4) is 0 Å². The number of benzene rings is 2. The zero-order valence-electron chi connectivity index (χ0n) is 14.2. The summed E-state index contributed by atoms with van der Waals surface area (Å²) in [5.41, 5.74) is 7.77. The van der Waals surface area contributed by atoms with Crippen LogP contribution in [0, 0.1) is 27.7 Å². The van der Waals surface area contributed by atoms with Gasteiger partial charge in [-0.25, -0.2) is 0 Å². The molecule has 23 heavy (non-hydrogen) atoms. The van der Waals surface area contributed by atoms with Gasteiger partial charge in [-0.2, -0.15) is 0 Å². The molecule has 0 aliphatic heterocycles. The van der Waals surface area contributed by atoms with E-state index in [9.17, 15) is 9.59 Å². The fourth-order valence-corrected chi connectivity index (χ4v) is 2.55. The zero-order valence-corrected chi connectivity index (χ0v) is 14.2. The molecule has 0 aliphatic carbocycles. The van der Waals surface area contributed by atoms with Gasteiger partial charge < -0.3 is 0 Å². The number of hydrogen-bond donors (Lipinski definition) is 1. The summed E-state index contributed by atoms with van der Waals surface area (Å²) < 4.78 is 0. The summed E-state index contributed by atoms with van der Waals surface area (Å²) in [4.78, 5) is 24.9. The first-order valence-corrected chi connectivity index (χ1v) is 7.53. The lowest BCUT2D eigenvalue weighted by Crippen LogP contribution is -2.43. The first-order valence-electron chi connectivity index (χ1n) is 7.53. The Balaban J connectivity index is 2.17. The van der Waals surface area contributed by atoms with Crippen molar-refractivity contribution in [2.24, 2.45) is 0 Å². The van der Waals surface area contributed by atoms with E-state index < -0.39 is 0 Å². The molecule has 2 amide bonds. The Morgan fingerprint density at radius 3 is 2.17 bits per heavy atom. The van der Waals surface area contributed by atoms with Crippen LogP contribution >= 0.6 is 0 Å². The van der Waals surface area contributed by atoms with E-state index in [2.05, 4.69) is 5.43 Å². The summed E-state index contributed by atoms with van der Waals surface area (Å²) in [7, 11) is 1.56. The van der Waals surface area contributed by atoms with Gasteiger partial charge in [0, 0.05) is 18.2 Å². The number of nitrogens with zero attached hydrogens (tertiary/aromatic N) is 1. The average molecular weight is 310 g/mol. The number of hydrazine groups is 1. The number of carbonyl (C=O) groups is 2. The first kappa shape index (κ1) is 16.7. The van der Waals surface area contributed by atoms with Crippen molar-refractivity contribution in [3.05, 3.63) is 69.8 Å². The lowest BCUT2D eigenvalue weighted by Gasteiger charge is -2.20. The number of hydrogen-bond acceptors (Lipinski definition) is 2. The molecule has 4 heteroatoms. The lowest BCUT2D eigenvalue weighted by atomic mass is 10.0. The van der Waals surface area contributed by atoms with Crippen LogP contribution in [0.15, 0.2) is 36.4 Å². The Morgan fingerprint density at radius 1 is 0.957 bits per heavy atom. The quantitative estimate of drug-likeness (QED) is 0.865. The van der Waals surface area contributed by atoms with E-state index in [1.807, 2.05) is 58.0 Å². The van der Waals surface area contributed by atoms with Gasteiger partial charge in [0.25, 0.3) is 11.8 Å². The summed E-state index contributed by atoms with van der Waals surface area (Å²) in [6, 6.07) is 11.2. The maximum Gasteiger partial charge on any atom is 0.272 e. The highest BCUT2D eigenvalue weighted by Gasteiger charge is 2.17. The Bertz CT molecular complexity index is 746. The van der Waals surface area contributed by atoms with Gasteiger partial charge in [-0.3, -0.25) is 20.0 Å². The van der Waals surface area contributed by atoms with Gasteiger partial charge in [-0.1, -0.05) is 29.3 Å². The molecule has 0 fully saturated rings. The first-order chi connectivity index (χ1) is 10.8. The highest BCUT2D eigenvalue weighted by Crippen LogP contribution is 2.13. The Labute approximate surface area is 137 Å². The summed E-state index contributed by atoms with van der Waals surface area (Å²) in [5, 5.41) is 1.23. The van der Waals surface area contributed by atoms with Gasteiger partial charge in [0.1, 0.15) is 0 Å². The second-order valence-corrected chi connectivity index (χ2v) is 5.93. The number of carbonyl (C=O) groups excluding carboxylic acids is 2. The van der Waals surface area contributed by atoms with Crippen LogP contribution < -0.4 is 5.43 Å². The average Bonchev–Trinajstić information content (AvgIpc) is 2.48. The third-order valence-electron chi connectivity index (χ3n) is 3.89. The molecule has 0 saturated heterocycles. The standard InChI is InChI=1S/C19H22N2O2/c1-12-9-13(2)11-16(10-12)19(23)21(5)20-18(22)17-8-6-7-14(3)15(17)4/h6-11H,1-5H3,(H,20,22). The largest absolute Gasteiger partial charge is 0.272 e. The number of amides is 2. The number of aryl methyl sites for hydroxylation is 3. The third-order valence-corrected chi connectivity index (χ3v) is 3.89. The molecule has 0 atom stereocenters. The summed E-state index contributed by atoms with van der Waals surface area (Å²) in [6.45, 7) is 7.74. The normalized spacial score (nSPS) is 10.3. The maximum absolute atomic E-state index is 12.5. The van der Waals surface area contributed by atoms with Crippen LogP contribution in [-0.2, 0) is 0 Å². The minimum atomic E-state index is -0.286. The second kappa shape index (κ2) is 6.65. The van der Waals surface area contributed by atoms with Gasteiger partial charge in [-0.05, 0) is 57.0 Å². The number of rotatable bonds is 2. The van der Waals surface area contributed by atoms with Gasteiger partial charge >= 0.3 is 0 Å². The lowest BCUT2D eigenvalue weighted by molar-refractivity contribution is 0.0636. The molecule has 0 saturated carbocycles. The Kier molecular flexibility index (Phi) is 4.84. The Morgan fingerprint density at radius 2 is 1.57 bits per heavy atom. The van der Waals surface area contributed by atoms with Gasteiger partial charge in [0.15, 0.2) is 0 Å². The van der Waals surface area contributed by atoms with Crippen LogP contribution in [0.5, 0.6) is 0 Å². The molecule has 0 aliphatic rings. The topological polar surface area (TPSA) is 49.4 Å². The molecule has 0 spiro atoms. The van der Waals surface area contributed by atoms with E-state index in [1.165, 1.54) is 5.01 Å². The second-order valence-electron chi connectivity index (χ2n) is 5.93.